The van der Waals surface area contributed by atoms with Gasteiger partial charge in [0.05, 0.1) is 21.7 Å². The lowest BCUT2D eigenvalue weighted by atomic mass is 9.81. The highest BCUT2D eigenvalue weighted by Gasteiger charge is 2.63. The number of β-lactam (4-membered cyclic amide) rings is 1. The van der Waals surface area contributed by atoms with Crippen LogP contribution in [-0.4, -0.2) is 66.5 Å². The first-order chi connectivity index (χ1) is 13.7. The Hall–Kier alpha value is -0.826. The van der Waals surface area contributed by atoms with Crippen LogP contribution < -0.4 is 0 Å². The van der Waals surface area contributed by atoms with Gasteiger partial charge >= 0.3 is 6.09 Å². The van der Waals surface area contributed by atoms with Gasteiger partial charge in [0.1, 0.15) is 6.04 Å². The molecule has 0 radical (unpaired) electrons. The Morgan fingerprint density at radius 3 is 2.03 bits per heavy atom. The van der Waals surface area contributed by atoms with Crippen molar-refractivity contribution in [1.29, 1.82) is 0 Å². The van der Waals surface area contributed by atoms with Crippen LogP contribution in [0.3, 0.4) is 0 Å². The van der Waals surface area contributed by atoms with Crippen LogP contribution in [-0.2, 0) is 4.79 Å². The average Bonchev–Trinajstić information content (AvgIpc) is 2.60. The van der Waals surface area contributed by atoms with Crippen molar-refractivity contribution in [1.82, 2.24) is 9.80 Å². The van der Waals surface area contributed by atoms with Gasteiger partial charge in [-0.3, -0.25) is 9.69 Å². The fourth-order valence-electron chi connectivity index (χ4n) is 6.36. The molecule has 1 aliphatic heterocycles. The molecular formula is C23H46N2O3Si2. The van der Waals surface area contributed by atoms with Gasteiger partial charge in [0, 0.05) is 11.8 Å². The Labute approximate surface area is 186 Å². The summed E-state index contributed by atoms with van der Waals surface area (Å²) in [6, 6.07) is -0.542. The highest BCUT2D eigenvalue weighted by atomic mass is 28.4. The summed E-state index contributed by atoms with van der Waals surface area (Å²) in [6.07, 6.45) is 8.91. The number of hydrogen-bond donors (Lipinski definition) is 1. The maximum Gasteiger partial charge on any atom is 0.408 e. The van der Waals surface area contributed by atoms with E-state index in [0.29, 0.717) is 11.8 Å². The maximum atomic E-state index is 13.4. The molecule has 1 atom stereocenters. The number of unbranched alkanes of at least 4 members (excludes halogenated alkanes) is 1. The Kier molecular flexibility index (Phi) is 7.93. The molecule has 1 saturated carbocycles. The van der Waals surface area contributed by atoms with Crippen LogP contribution in [0.1, 0.15) is 65.2 Å². The van der Waals surface area contributed by atoms with Crippen LogP contribution in [0.2, 0.25) is 39.3 Å². The zero-order chi connectivity index (χ0) is 22.9. The third-order valence-electron chi connectivity index (χ3n) is 7.20. The van der Waals surface area contributed by atoms with E-state index in [9.17, 15) is 14.7 Å². The molecule has 2 fully saturated rings. The second-order valence-corrected chi connectivity index (χ2v) is 23.5. The van der Waals surface area contributed by atoms with Crippen LogP contribution in [0.15, 0.2) is 0 Å². The van der Waals surface area contributed by atoms with Crippen molar-refractivity contribution in [3.05, 3.63) is 0 Å². The molecule has 7 heteroatoms. The van der Waals surface area contributed by atoms with E-state index < -0.39 is 33.8 Å². The normalized spacial score (nSPS) is 22.9. The zero-order valence-corrected chi connectivity index (χ0v) is 22.8. The third kappa shape index (κ3) is 5.50. The Morgan fingerprint density at radius 2 is 1.60 bits per heavy atom. The summed E-state index contributed by atoms with van der Waals surface area (Å²) >= 11 is 0. The summed E-state index contributed by atoms with van der Waals surface area (Å²) < 4.78 is 0. The molecule has 1 aliphatic carbocycles. The number of carbonyl (C=O) groups is 2. The first kappa shape index (κ1) is 25.4. The molecule has 0 bridgehead atoms. The summed E-state index contributed by atoms with van der Waals surface area (Å²) in [5, 5.41) is 10.2. The predicted molar refractivity (Wildman–Crippen MR) is 130 cm³/mol. The summed E-state index contributed by atoms with van der Waals surface area (Å²) in [7, 11) is -3.25. The minimum atomic E-state index is -1.63. The third-order valence-corrected chi connectivity index (χ3v) is 16.2. The molecule has 30 heavy (non-hydrogen) atoms. The van der Waals surface area contributed by atoms with Gasteiger partial charge in [-0.1, -0.05) is 84.2 Å². The smallest absolute Gasteiger partial charge is 0.408 e. The van der Waals surface area contributed by atoms with Gasteiger partial charge in [0.15, 0.2) is 0 Å². The second kappa shape index (κ2) is 9.35. The molecule has 0 aromatic carbocycles. The lowest BCUT2D eigenvalue weighted by Gasteiger charge is -2.63. The van der Waals surface area contributed by atoms with Gasteiger partial charge in [-0.25, -0.2) is 4.79 Å². The molecule has 1 saturated heterocycles. The molecule has 2 rings (SSSR count). The molecule has 0 aromatic heterocycles. The summed E-state index contributed by atoms with van der Waals surface area (Å²) in [5.74, 6) is 0.855. The molecule has 1 heterocycles. The van der Waals surface area contributed by atoms with E-state index in [0.717, 1.165) is 18.8 Å². The van der Waals surface area contributed by atoms with E-state index in [1.54, 1.807) is 0 Å². The van der Waals surface area contributed by atoms with Gasteiger partial charge < -0.3 is 10.0 Å². The summed E-state index contributed by atoms with van der Waals surface area (Å²) in [4.78, 5) is 29.1. The molecule has 1 N–H and O–H groups in total. The maximum absolute atomic E-state index is 13.4. The topological polar surface area (TPSA) is 60.9 Å². The minimum Gasteiger partial charge on any atom is -0.465 e. The molecule has 174 valence electrons. The van der Waals surface area contributed by atoms with Crippen molar-refractivity contribution < 1.29 is 14.7 Å². The zero-order valence-electron chi connectivity index (χ0n) is 20.8. The van der Waals surface area contributed by atoms with E-state index in [1.165, 1.54) is 43.4 Å². The number of hydrogen-bond acceptors (Lipinski definition) is 2. The monoisotopic (exact) mass is 454 g/mol. The fourth-order valence-corrected chi connectivity index (χ4v) is 19.2. The highest BCUT2D eigenvalue weighted by Crippen LogP contribution is 2.42. The van der Waals surface area contributed by atoms with E-state index in [1.807, 2.05) is 0 Å². The quantitative estimate of drug-likeness (QED) is 0.271. The van der Waals surface area contributed by atoms with Crippen molar-refractivity contribution in [3.8, 4) is 0 Å². The largest absolute Gasteiger partial charge is 0.465 e. The number of likely N-dealkylation sites (tertiary alicyclic amines) is 1. The molecule has 2 aliphatic rings. The average molecular weight is 455 g/mol. The summed E-state index contributed by atoms with van der Waals surface area (Å²) in [5.41, 5.74) is -0.440. The standard InChI is InChI=1S/C23H46N2O3Si2/c1-23(2)19(20(26)25(23)22(29(3,4)5)30(6,7)8)24(21(27)28)17-13-12-16-18-14-10-9-11-15-18/h18-19,22H,9-17H2,1-8H3,(H,27,28). The van der Waals surface area contributed by atoms with Crippen molar-refractivity contribution in [2.45, 2.75) is 121 Å². The molecule has 1 unspecified atom stereocenters. The van der Waals surface area contributed by atoms with Crippen molar-refractivity contribution in [2.75, 3.05) is 6.54 Å². The van der Waals surface area contributed by atoms with Gasteiger partial charge in [-0.2, -0.15) is 0 Å². The number of nitrogens with zero attached hydrogens (tertiary/aromatic N) is 2. The lowest BCUT2D eigenvalue weighted by molar-refractivity contribution is -0.168. The van der Waals surface area contributed by atoms with E-state index in [4.69, 9.17) is 0 Å². The van der Waals surface area contributed by atoms with Gasteiger partial charge in [0.2, 0.25) is 5.91 Å². The van der Waals surface area contributed by atoms with E-state index in [-0.39, 0.29) is 5.91 Å². The first-order valence-electron chi connectivity index (χ1n) is 12.0. The molecule has 5 nitrogen and oxygen atoms in total. The second-order valence-electron chi connectivity index (χ2n) is 12.4. The Bertz CT molecular complexity index is 605. The van der Waals surface area contributed by atoms with Crippen LogP contribution in [0.25, 0.3) is 0 Å². The number of carbonyl (C=O) groups excluding carboxylic acids is 1. The predicted octanol–water partition coefficient (Wildman–Crippen LogP) is 5.83. The van der Waals surface area contributed by atoms with Crippen molar-refractivity contribution in [2.24, 2.45) is 5.92 Å². The van der Waals surface area contributed by atoms with E-state index in [2.05, 4.69) is 58.0 Å². The van der Waals surface area contributed by atoms with Crippen LogP contribution in [0.5, 0.6) is 0 Å². The van der Waals surface area contributed by atoms with Crippen molar-refractivity contribution >= 4 is 28.1 Å². The fraction of sp³-hybridized carbons (Fsp3) is 0.913. The van der Waals surface area contributed by atoms with Gasteiger partial charge in [-0.15, -0.1) is 0 Å². The van der Waals surface area contributed by atoms with Crippen molar-refractivity contribution in [3.63, 3.8) is 0 Å². The van der Waals surface area contributed by atoms with E-state index >= 15 is 0 Å². The summed E-state index contributed by atoms with van der Waals surface area (Å²) in [6.45, 7) is 18.7. The van der Waals surface area contributed by atoms with Crippen LogP contribution in [0, 0.1) is 5.92 Å². The molecular weight excluding hydrogens is 408 g/mol. The minimum absolute atomic E-state index is 0.0320. The number of carboxylic acid groups (broad SMARTS) is 1. The lowest BCUT2D eigenvalue weighted by Crippen LogP contribution is -2.84. The Balaban J connectivity index is 2.06. The Morgan fingerprint density at radius 1 is 1.07 bits per heavy atom. The van der Waals surface area contributed by atoms with Crippen LogP contribution in [0.4, 0.5) is 4.79 Å². The molecule has 0 spiro atoms. The van der Waals surface area contributed by atoms with Gasteiger partial charge in [0.25, 0.3) is 0 Å². The first-order valence-corrected chi connectivity index (χ1v) is 19.2. The molecule has 0 aromatic rings. The highest BCUT2D eigenvalue weighted by molar-refractivity contribution is 6.96. The molecule has 2 amide bonds. The SMILES string of the molecule is CC1(C)C(N(CCCCC2CCCCC2)C(=O)O)C(=O)N1C([Si](C)(C)C)[Si](C)(C)C. The van der Waals surface area contributed by atoms with Gasteiger partial charge in [-0.05, 0) is 26.2 Å². The number of amides is 2. The van der Waals surface area contributed by atoms with Crippen LogP contribution >= 0.6 is 0 Å². The number of rotatable bonds is 9.